The van der Waals surface area contributed by atoms with Gasteiger partial charge in [0, 0.05) is 5.69 Å². The molecule has 0 unspecified atom stereocenters. The van der Waals surface area contributed by atoms with Gasteiger partial charge in [-0.1, -0.05) is 54.6 Å². The molecule has 0 aromatic heterocycles. The Bertz CT molecular complexity index is 1370. The monoisotopic (exact) mass is 446 g/mol. The first-order valence-electron chi connectivity index (χ1n) is 9.98. The fraction of sp³-hybridized carbons (Fsp3) is 0.0800. The fourth-order valence-corrected chi connectivity index (χ4v) is 4.46. The molecule has 4 aromatic carbocycles. The Balaban J connectivity index is 1.43. The topological polar surface area (TPSA) is 84.5 Å². The van der Waals surface area contributed by atoms with E-state index in [0.717, 1.165) is 16.3 Å². The van der Waals surface area contributed by atoms with E-state index in [1.807, 2.05) is 36.4 Å². The summed E-state index contributed by atoms with van der Waals surface area (Å²) in [7, 11) is -2.19. The first-order valence-corrected chi connectivity index (χ1v) is 11.5. The van der Waals surface area contributed by atoms with Crippen LogP contribution in [0.25, 0.3) is 10.8 Å². The lowest BCUT2D eigenvalue weighted by Crippen LogP contribution is -2.15. The molecule has 0 bridgehead atoms. The van der Waals surface area contributed by atoms with Gasteiger partial charge in [0.1, 0.15) is 5.75 Å². The van der Waals surface area contributed by atoms with Crippen molar-refractivity contribution in [3.05, 3.63) is 96.6 Å². The van der Waals surface area contributed by atoms with Gasteiger partial charge in [-0.3, -0.25) is 9.52 Å². The number of hydrogen-bond donors (Lipinski definition) is 2. The number of carbonyl (C=O) groups excluding carboxylic acids is 1. The van der Waals surface area contributed by atoms with Crippen LogP contribution in [0.4, 0.5) is 11.4 Å². The molecule has 2 N–H and O–H groups in total. The van der Waals surface area contributed by atoms with Crippen molar-refractivity contribution in [3.8, 4) is 5.75 Å². The Morgan fingerprint density at radius 1 is 0.844 bits per heavy atom. The third-order valence-corrected chi connectivity index (χ3v) is 6.36. The molecule has 1 amide bonds. The molecule has 0 atom stereocenters. The number of carbonyl (C=O) groups is 1. The second kappa shape index (κ2) is 9.11. The maximum atomic E-state index is 12.8. The summed E-state index contributed by atoms with van der Waals surface area (Å²) in [5.41, 5.74) is 1.78. The third kappa shape index (κ3) is 4.90. The number of fused-ring (bicyclic) bond motifs is 1. The first-order chi connectivity index (χ1) is 15.4. The smallest absolute Gasteiger partial charge is 0.261 e. The van der Waals surface area contributed by atoms with Crippen LogP contribution in [0, 0.1) is 0 Å². The number of rotatable bonds is 7. The minimum Gasteiger partial charge on any atom is -0.495 e. The van der Waals surface area contributed by atoms with Gasteiger partial charge in [-0.2, -0.15) is 0 Å². The van der Waals surface area contributed by atoms with Crippen LogP contribution in [0.5, 0.6) is 5.75 Å². The third-order valence-electron chi connectivity index (χ3n) is 4.98. The largest absolute Gasteiger partial charge is 0.495 e. The lowest BCUT2D eigenvalue weighted by atomic mass is 10.1. The van der Waals surface area contributed by atoms with Crippen molar-refractivity contribution in [1.29, 1.82) is 0 Å². The summed E-state index contributed by atoms with van der Waals surface area (Å²) >= 11 is 0. The summed E-state index contributed by atoms with van der Waals surface area (Å²) in [6.45, 7) is 0. The van der Waals surface area contributed by atoms with E-state index in [1.54, 1.807) is 61.7 Å². The number of anilines is 2. The molecule has 4 aromatic rings. The zero-order valence-electron chi connectivity index (χ0n) is 17.4. The Morgan fingerprint density at radius 2 is 1.53 bits per heavy atom. The Morgan fingerprint density at radius 3 is 2.28 bits per heavy atom. The highest BCUT2D eigenvalue weighted by atomic mass is 32.2. The Labute approximate surface area is 186 Å². The predicted octanol–water partition coefficient (Wildman–Crippen LogP) is 4.83. The molecular weight excluding hydrogens is 424 g/mol. The number of methoxy groups -OCH3 is 1. The van der Waals surface area contributed by atoms with Crippen LogP contribution < -0.4 is 14.8 Å². The number of nitrogens with one attached hydrogen (secondary N) is 2. The van der Waals surface area contributed by atoms with Crippen LogP contribution in [-0.2, 0) is 21.2 Å². The summed E-state index contributed by atoms with van der Waals surface area (Å²) in [5.74, 6) is 0.387. The van der Waals surface area contributed by atoms with Crippen molar-refractivity contribution < 1.29 is 17.9 Å². The summed E-state index contributed by atoms with van der Waals surface area (Å²) in [5, 5.41) is 4.65. The van der Waals surface area contributed by atoms with Crippen LogP contribution in [-0.4, -0.2) is 21.4 Å². The molecule has 0 aliphatic rings. The SMILES string of the molecule is COc1ccccc1NC(=O)Cc1ccc(NS(=O)(=O)c2ccc3ccccc3c2)cc1. The van der Waals surface area contributed by atoms with Crippen molar-refractivity contribution in [1.82, 2.24) is 0 Å². The lowest BCUT2D eigenvalue weighted by Gasteiger charge is -2.11. The number of benzene rings is 4. The number of sulfonamides is 1. The van der Waals surface area contributed by atoms with Crippen molar-refractivity contribution in [3.63, 3.8) is 0 Å². The van der Waals surface area contributed by atoms with Crippen molar-refractivity contribution >= 4 is 38.1 Å². The molecule has 0 fully saturated rings. The van der Waals surface area contributed by atoms with E-state index < -0.39 is 10.0 Å². The van der Waals surface area contributed by atoms with Gasteiger partial charge in [-0.25, -0.2) is 8.42 Å². The summed E-state index contributed by atoms with van der Waals surface area (Å²) in [4.78, 5) is 12.6. The summed E-state index contributed by atoms with van der Waals surface area (Å²) in [6, 6.07) is 26.5. The maximum absolute atomic E-state index is 12.8. The summed E-state index contributed by atoms with van der Waals surface area (Å²) in [6.07, 6.45) is 0.149. The van der Waals surface area contributed by atoms with E-state index in [0.29, 0.717) is 17.1 Å². The highest BCUT2D eigenvalue weighted by molar-refractivity contribution is 7.92. The number of ether oxygens (including phenoxy) is 1. The van der Waals surface area contributed by atoms with Gasteiger partial charge in [0.15, 0.2) is 0 Å². The molecule has 4 rings (SSSR count). The van der Waals surface area contributed by atoms with Gasteiger partial charge in [0.25, 0.3) is 10.0 Å². The molecule has 0 radical (unpaired) electrons. The van der Waals surface area contributed by atoms with E-state index in [1.165, 1.54) is 0 Å². The fourth-order valence-electron chi connectivity index (χ4n) is 3.37. The second-order valence-electron chi connectivity index (χ2n) is 7.24. The second-order valence-corrected chi connectivity index (χ2v) is 8.92. The Hall–Kier alpha value is -3.84. The molecular formula is C25H22N2O4S. The minimum atomic E-state index is -3.73. The minimum absolute atomic E-state index is 0.149. The highest BCUT2D eigenvalue weighted by Gasteiger charge is 2.15. The first kappa shape index (κ1) is 21.4. The van der Waals surface area contributed by atoms with Crippen LogP contribution in [0.2, 0.25) is 0 Å². The zero-order valence-corrected chi connectivity index (χ0v) is 18.2. The molecule has 0 aliphatic heterocycles. The van der Waals surface area contributed by atoms with E-state index in [-0.39, 0.29) is 17.2 Å². The van der Waals surface area contributed by atoms with Crippen LogP contribution in [0.3, 0.4) is 0 Å². The average Bonchev–Trinajstić information content (AvgIpc) is 2.80. The normalized spacial score (nSPS) is 11.2. The lowest BCUT2D eigenvalue weighted by molar-refractivity contribution is -0.115. The highest BCUT2D eigenvalue weighted by Crippen LogP contribution is 2.24. The van der Waals surface area contributed by atoms with Gasteiger partial charge < -0.3 is 10.1 Å². The van der Waals surface area contributed by atoms with Gasteiger partial charge in [-0.05, 0) is 52.7 Å². The van der Waals surface area contributed by atoms with Crippen LogP contribution in [0.1, 0.15) is 5.56 Å². The van der Waals surface area contributed by atoms with Gasteiger partial charge in [0.05, 0.1) is 24.1 Å². The average molecular weight is 447 g/mol. The van der Waals surface area contributed by atoms with E-state index in [9.17, 15) is 13.2 Å². The molecule has 0 saturated heterocycles. The number of amides is 1. The summed E-state index contributed by atoms with van der Waals surface area (Å²) < 4.78 is 33.4. The molecule has 32 heavy (non-hydrogen) atoms. The van der Waals surface area contributed by atoms with E-state index in [2.05, 4.69) is 10.0 Å². The Kier molecular flexibility index (Phi) is 6.09. The van der Waals surface area contributed by atoms with Gasteiger partial charge >= 0.3 is 0 Å². The molecule has 6 nitrogen and oxygen atoms in total. The van der Waals surface area contributed by atoms with Crippen molar-refractivity contribution in [2.24, 2.45) is 0 Å². The van der Waals surface area contributed by atoms with E-state index >= 15 is 0 Å². The van der Waals surface area contributed by atoms with Gasteiger partial charge in [0.2, 0.25) is 5.91 Å². The van der Waals surface area contributed by atoms with Crippen LogP contribution in [0.15, 0.2) is 95.9 Å². The standard InChI is InChI=1S/C25H22N2O4S/c1-31-24-9-5-4-8-23(24)26-25(28)16-18-10-13-21(14-11-18)27-32(29,30)22-15-12-19-6-2-3-7-20(19)17-22/h2-15,17,27H,16H2,1H3,(H,26,28). The quantitative estimate of drug-likeness (QED) is 0.426. The van der Waals surface area contributed by atoms with E-state index in [4.69, 9.17) is 4.74 Å². The molecule has 0 spiro atoms. The molecule has 0 aliphatic carbocycles. The molecule has 162 valence electrons. The van der Waals surface area contributed by atoms with Gasteiger partial charge in [-0.15, -0.1) is 0 Å². The number of para-hydroxylation sites is 2. The predicted molar refractivity (Wildman–Crippen MR) is 127 cm³/mol. The van der Waals surface area contributed by atoms with Crippen molar-refractivity contribution in [2.75, 3.05) is 17.1 Å². The zero-order chi connectivity index (χ0) is 22.6. The van der Waals surface area contributed by atoms with Crippen molar-refractivity contribution in [2.45, 2.75) is 11.3 Å². The van der Waals surface area contributed by atoms with Crippen LogP contribution >= 0.6 is 0 Å². The molecule has 7 heteroatoms. The molecule has 0 heterocycles. The molecule has 0 saturated carbocycles. The maximum Gasteiger partial charge on any atom is 0.261 e. The number of hydrogen-bond acceptors (Lipinski definition) is 4.